The van der Waals surface area contributed by atoms with Crippen molar-refractivity contribution in [3.63, 3.8) is 0 Å². The van der Waals surface area contributed by atoms with Gasteiger partial charge < -0.3 is 4.90 Å². The van der Waals surface area contributed by atoms with Gasteiger partial charge in [0.2, 0.25) is 10.0 Å². The van der Waals surface area contributed by atoms with Gasteiger partial charge in [0.1, 0.15) is 0 Å². The van der Waals surface area contributed by atoms with Gasteiger partial charge in [0.15, 0.2) is 0 Å². The van der Waals surface area contributed by atoms with E-state index in [0.717, 1.165) is 25.6 Å². The fourth-order valence-electron chi connectivity index (χ4n) is 4.50. The largest absolute Gasteiger partial charge is 0.336 e. The van der Waals surface area contributed by atoms with Crippen LogP contribution in [0, 0.1) is 5.92 Å². The molecule has 2 aliphatic heterocycles. The smallest absolute Gasteiger partial charge is 0.253 e. The Kier molecular flexibility index (Phi) is 6.74. The first kappa shape index (κ1) is 22.0. The second-order valence-electron chi connectivity index (χ2n) is 8.69. The van der Waals surface area contributed by atoms with Gasteiger partial charge in [0.25, 0.3) is 5.91 Å². The molecule has 1 atom stereocenters. The second kappa shape index (κ2) is 9.51. The summed E-state index contributed by atoms with van der Waals surface area (Å²) in [7, 11) is -3.51. The lowest BCUT2D eigenvalue weighted by molar-refractivity contribution is 0.0698. The summed E-state index contributed by atoms with van der Waals surface area (Å²) in [5, 5.41) is 0. The van der Waals surface area contributed by atoms with Crippen LogP contribution in [0.1, 0.15) is 35.7 Å². The molecule has 31 heavy (non-hydrogen) atoms. The Balaban J connectivity index is 1.33. The van der Waals surface area contributed by atoms with Crippen molar-refractivity contribution in [1.29, 1.82) is 0 Å². The minimum Gasteiger partial charge on any atom is -0.336 e. The average Bonchev–Trinajstić information content (AvgIpc) is 2.80. The van der Waals surface area contributed by atoms with Gasteiger partial charge in [-0.15, -0.1) is 0 Å². The molecule has 6 nitrogen and oxygen atoms in total. The molecule has 0 bridgehead atoms. The van der Waals surface area contributed by atoms with Crippen molar-refractivity contribution < 1.29 is 13.2 Å². The van der Waals surface area contributed by atoms with Crippen molar-refractivity contribution in [3.05, 3.63) is 65.7 Å². The maximum atomic E-state index is 12.9. The Labute approximate surface area is 185 Å². The molecule has 0 unspecified atom stereocenters. The zero-order valence-corrected chi connectivity index (χ0v) is 18.9. The fraction of sp³-hybridized carbons (Fsp3) is 0.458. The van der Waals surface area contributed by atoms with E-state index in [0.29, 0.717) is 36.6 Å². The van der Waals surface area contributed by atoms with Crippen LogP contribution in [-0.4, -0.2) is 67.7 Å². The molecule has 0 spiro atoms. The summed E-state index contributed by atoms with van der Waals surface area (Å²) in [6, 6.07) is 16.4. The molecule has 0 aromatic heterocycles. The van der Waals surface area contributed by atoms with E-state index in [4.69, 9.17) is 0 Å². The molecule has 7 heteroatoms. The van der Waals surface area contributed by atoms with Gasteiger partial charge in [-0.3, -0.25) is 9.69 Å². The number of nitrogens with zero attached hydrogens (tertiary/aromatic N) is 3. The van der Waals surface area contributed by atoms with Crippen molar-refractivity contribution >= 4 is 15.9 Å². The maximum Gasteiger partial charge on any atom is 0.253 e. The first-order chi connectivity index (χ1) is 14.9. The van der Waals surface area contributed by atoms with Gasteiger partial charge >= 0.3 is 0 Å². The Hall–Kier alpha value is -2.22. The van der Waals surface area contributed by atoms with E-state index in [-0.39, 0.29) is 5.91 Å². The summed E-state index contributed by atoms with van der Waals surface area (Å²) in [5.74, 6) is 0.717. The summed E-state index contributed by atoms with van der Waals surface area (Å²) in [6.07, 6.45) is 2.56. The van der Waals surface area contributed by atoms with Gasteiger partial charge in [-0.25, -0.2) is 8.42 Å². The number of hydrogen-bond acceptors (Lipinski definition) is 4. The molecule has 0 aliphatic carbocycles. The van der Waals surface area contributed by atoms with E-state index < -0.39 is 10.0 Å². The van der Waals surface area contributed by atoms with Crippen LogP contribution < -0.4 is 0 Å². The SMILES string of the molecule is C[C@@H]1CCCN(Cc2ccc(C(=O)N3CCN(S(=O)(=O)c4ccccc4)CC3)cc2)C1. The van der Waals surface area contributed by atoms with Crippen molar-refractivity contribution in [2.75, 3.05) is 39.3 Å². The van der Waals surface area contributed by atoms with Crippen molar-refractivity contribution in [2.45, 2.75) is 31.2 Å². The zero-order valence-electron chi connectivity index (χ0n) is 18.1. The van der Waals surface area contributed by atoms with Crippen molar-refractivity contribution in [3.8, 4) is 0 Å². The van der Waals surface area contributed by atoms with Crippen LogP contribution in [0.15, 0.2) is 59.5 Å². The lowest BCUT2D eigenvalue weighted by Crippen LogP contribution is -2.50. The van der Waals surface area contributed by atoms with E-state index in [2.05, 4.69) is 11.8 Å². The van der Waals surface area contributed by atoms with Crippen LogP contribution >= 0.6 is 0 Å². The van der Waals surface area contributed by atoms with E-state index >= 15 is 0 Å². The third-order valence-electron chi connectivity index (χ3n) is 6.26. The molecule has 2 fully saturated rings. The maximum absolute atomic E-state index is 12.9. The van der Waals surface area contributed by atoms with E-state index in [1.54, 1.807) is 35.2 Å². The number of benzene rings is 2. The van der Waals surface area contributed by atoms with Crippen LogP contribution in [0.3, 0.4) is 0 Å². The van der Waals surface area contributed by atoms with Crippen LogP contribution in [0.4, 0.5) is 0 Å². The zero-order chi connectivity index (χ0) is 21.8. The monoisotopic (exact) mass is 441 g/mol. The lowest BCUT2D eigenvalue weighted by Gasteiger charge is -2.34. The van der Waals surface area contributed by atoms with Crippen LogP contribution in [0.25, 0.3) is 0 Å². The molecule has 1 amide bonds. The second-order valence-corrected chi connectivity index (χ2v) is 10.6. The van der Waals surface area contributed by atoms with Crippen molar-refractivity contribution in [1.82, 2.24) is 14.1 Å². The lowest BCUT2D eigenvalue weighted by atomic mass is 9.99. The highest BCUT2D eigenvalue weighted by molar-refractivity contribution is 7.89. The highest BCUT2D eigenvalue weighted by atomic mass is 32.2. The minimum absolute atomic E-state index is 0.0325. The Morgan fingerprint density at radius 2 is 1.61 bits per heavy atom. The number of piperidine rings is 1. The van der Waals surface area contributed by atoms with Gasteiger partial charge in [0.05, 0.1) is 4.90 Å². The number of rotatable bonds is 5. The summed E-state index contributed by atoms with van der Waals surface area (Å²) < 4.78 is 27.0. The molecule has 4 rings (SSSR count). The molecule has 0 saturated carbocycles. The van der Waals surface area contributed by atoms with Crippen LogP contribution in [0.2, 0.25) is 0 Å². The molecule has 2 heterocycles. The predicted molar refractivity (Wildman–Crippen MR) is 121 cm³/mol. The van der Waals surface area contributed by atoms with Crippen LogP contribution in [-0.2, 0) is 16.6 Å². The first-order valence-electron chi connectivity index (χ1n) is 11.1. The minimum atomic E-state index is -3.51. The number of hydrogen-bond donors (Lipinski definition) is 0. The van der Waals surface area contributed by atoms with Gasteiger partial charge in [-0.1, -0.05) is 37.3 Å². The molecular weight excluding hydrogens is 410 g/mol. The van der Waals surface area contributed by atoms with Gasteiger partial charge in [-0.2, -0.15) is 4.31 Å². The molecule has 2 aromatic carbocycles. The quantitative estimate of drug-likeness (QED) is 0.716. The molecule has 2 saturated heterocycles. The third-order valence-corrected chi connectivity index (χ3v) is 8.17. The topological polar surface area (TPSA) is 60.9 Å². The summed E-state index contributed by atoms with van der Waals surface area (Å²) >= 11 is 0. The molecule has 2 aliphatic rings. The number of sulfonamides is 1. The molecular formula is C24H31N3O3S. The molecule has 0 radical (unpaired) electrons. The summed E-state index contributed by atoms with van der Waals surface area (Å²) in [6.45, 7) is 6.94. The number of piperazine rings is 1. The fourth-order valence-corrected chi connectivity index (χ4v) is 5.94. The van der Waals surface area contributed by atoms with E-state index in [1.165, 1.54) is 22.7 Å². The molecule has 166 valence electrons. The molecule has 2 aromatic rings. The first-order valence-corrected chi connectivity index (χ1v) is 12.5. The Morgan fingerprint density at radius 1 is 0.935 bits per heavy atom. The Morgan fingerprint density at radius 3 is 2.26 bits per heavy atom. The average molecular weight is 442 g/mol. The summed E-state index contributed by atoms with van der Waals surface area (Å²) in [4.78, 5) is 17.4. The van der Waals surface area contributed by atoms with Crippen LogP contribution in [0.5, 0.6) is 0 Å². The highest BCUT2D eigenvalue weighted by Gasteiger charge is 2.30. The molecule has 0 N–H and O–H groups in total. The van der Waals surface area contributed by atoms with Crippen molar-refractivity contribution in [2.24, 2.45) is 5.92 Å². The van der Waals surface area contributed by atoms with E-state index in [1.807, 2.05) is 24.3 Å². The van der Waals surface area contributed by atoms with Gasteiger partial charge in [-0.05, 0) is 55.1 Å². The third kappa shape index (κ3) is 5.17. The van der Waals surface area contributed by atoms with Gasteiger partial charge in [0, 0.05) is 44.8 Å². The number of carbonyl (C=O) groups excluding carboxylic acids is 1. The standard InChI is InChI=1S/C24H31N3O3S/c1-20-6-5-13-25(18-20)19-21-9-11-22(12-10-21)24(28)26-14-16-27(17-15-26)31(29,30)23-7-3-2-4-8-23/h2-4,7-12,20H,5-6,13-19H2,1H3/t20-/m1/s1. The normalized spacial score (nSPS) is 21.2. The highest BCUT2D eigenvalue weighted by Crippen LogP contribution is 2.20. The van der Waals surface area contributed by atoms with E-state index in [9.17, 15) is 13.2 Å². The number of carbonyl (C=O) groups is 1. The Bertz CT molecular complexity index is 984. The predicted octanol–water partition coefficient (Wildman–Crippen LogP) is 3.07. The summed E-state index contributed by atoms with van der Waals surface area (Å²) in [5.41, 5.74) is 1.89. The number of likely N-dealkylation sites (tertiary alicyclic amines) is 1. The number of amides is 1.